The molecule has 0 aliphatic heterocycles. The monoisotopic (exact) mass is 227 g/mol. The molecule has 0 heterocycles. The minimum atomic E-state index is 0.0605. The smallest absolute Gasteiger partial charge is 0.0496 e. The Bertz CT molecular complexity index is 193. The van der Waals surface area contributed by atoms with Crippen LogP contribution in [0.3, 0.4) is 0 Å². The molecule has 1 saturated carbocycles. The van der Waals surface area contributed by atoms with Gasteiger partial charge in [0.2, 0.25) is 0 Å². The fourth-order valence-corrected chi connectivity index (χ4v) is 2.54. The summed E-state index contributed by atoms with van der Waals surface area (Å²) in [7, 11) is 0. The Morgan fingerprint density at radius 3 is 2.38 bits per heavy atom. The van der Waals surface area contributed by atoms with E-state index in [0.717, 1.165) is 19.5 Å². The van der Waals surface area contributed by atoms with Crippen LogP contribution < -0.4 is 5.32 Å². The van der Waals surface area contributed by atoms with Gasteiger partial charge < -0.3 is 10.4 Å². The highest BCUT2D eigenvalue weighted by Crippen LogP contribution is 2.35. The summed E-state index contributed by atoms with van der Waals surface area (Å²) in [4.78, 5) is 0. The molecule has 0 radical (unpaired) electrons. The molecule has 1 aliphatic carbocycles. The number of rotatable bonds is 6. The number of aliphatic hydroxyl groups is 1. The highest BCUT2D eigenvalue weighted by Gasteiger charge is 2.27. The maximum atomic E-state index is 9.35. The van der Waals surface area contributed by atoms with Gasteiger partial charge in [0.15, 0.2) is 0 Å². The standard InChI is InChI=1S/C14H29NO/c1-4-13(2,12-16)10-15-11-14(3)8-6-5-7-9-14/h15-16H,4-12H2,1-3H3. The van der Waals surface area contributed by atoms with E-state index in [1.165, 1.54) is 32.1 Å². The third-order valence-electron chi connectivity index (χ3n) is 4.40. The van der Waals surface area contributed by atoms with Crippen LogP contribution in [0.25, 0.3) is 0 Å². The molecule has 1 aliphatic rings. The Balaban J connectivity index is 2.28. The van der Waals surface area contributed by atoms with E-state index in [1.54, 1.807) is 0 Å². The third kappa shape index (κ3) is 4.06. The van der Waals surface area contributed by atoms with Crippen molar-refractivity contribution in [3.05, 3.63) is 0 Å². The topological polar surface area (TPSA) is 32.3 Å². The molecular formula is C14H29NO. The molecule has 96 valence electrons. The predicted molar refractivity (Wildman–Crippen MR) is 69.5 cm³/mol. The summed E-state index contributed by atoms with van der Waals surface area (Å²) < 4.78 is 0. The van der Waals surface area contributed by atoms with Crippen LogP contribution in [0.15, 0.2) is 0 Å². The molecular weight excluding hydrogens is 198 g/mol. The van der Waals surface area contributed by atoms with Gasteiger partial charge in [0.05, 0.1) is 0 Å². The van der Waals surface area contributed by atoms with Crippen molar-refractivity contribution in [3.63, 3.8) is 0 Å². The van der Waals surface area contributed by atoms with Crippen molar-refractivity contribution in [1.29, 1.82) is 0 Å². The first-order valence-electron chi connectivity index (χ1n) is 6.85. The number of nitrogens with one attached hydrogen (secondary N) is 1. The fourth-order valence-electron chi connectivity index (χ4n) is 2.54. The SMILES string of the molecule is CCC(C)(CO)CNCC1(C)CCCCC1. The molecule has 0 aromatic carbocycles. The van der Waals surface area contributed by atoms with Gasteiger partial charge in [-0.2, -0.15) is 0 Å². The average molecular weight is 227 g/mol. The van der Waals surface area contributed by atoms with Crippen LogP contribution in [0, 0.1) is 10.8 Å². The summed E-state index contributed by atoms with van der Waals surface area (Å²) in [6.45, 7) is 9.05. The van der Waals surface area contributed by atoms with E-state index in [0.29, 0.717) is 5.41 Å². The Morgan fingerprint density at radius 1 is 1.25 bits per heavy atom. The van der Waals surface area contributed by atoms with E-state index >= 15 is 0 Å². The van der Waals surface area contributed by atoms with Crippen LogP contribution in [-0.4, -0.2) is 24.8 Å². The second kappa shape index (κ2) is 6.02. The molecule has 0 aromatic heterocycles. The van der Waals surface area contributed by atoms with Gasteiger partial charge in [0.1, 0.15) is 0 Å². The van der Waals surface area contributed by atoms with Crippen LogP contribution in [0.1, 0.15) is 59.3 Å². The van der Waals surface area contributed by atoms with E-state index in [4.69, 9.17) is 0 Å². The van der Waals surface area contributed by atoms with Crippen molar-refractivity contribution >= 4 is 0 Å². The first-order chi connectivity index (χ1) is 7.54. The maximum absolute atomic E-state index is 9.35. The third-order valence-corrected chi connectivity index (χ3v) is 4.40. The van der Waals surface area contributed by atoms with E-state index in [9.17, 15) is 5.11 Å². The molecule has 1 fully saturated rings. The molecule has 0 bridgehead atoms. The predicted octanol–water partition coefficient (Wildman–Crippen LogP) is 2.96. The molecule has 0 aromatic rings. The van der Waals surface area contributed by atoms with Crippen molar-refractivity contribution in [3.8, 4) is 0 Å². The van der Waals surface area contributed by atoms with Crippen LogP contribution >= 0.6 is 0 Å². The van der Waals surface area contributed by atoms with Crippen LogP contribution in [0.5, 0.6) is 0 Å². The highest BCUT2D eigenvalue weighted by atomic mass is 16.3. The summed E-state index contributed by atoms with van der Waals surface area (Å²) in [6, 6.07) is 0. The van der Waals surface area contributed by atoms with Gasteiger partial charge in [-0.3, -0.25) is 0 Å². The van der Waals surface area contributed by atoms with Crippen molar-refractivity contribution in [2.24, 2.45) is 10.8 Å². The van der Waals surface area contributed by atoms with Gasteiger partial charge in [-0.1, -0.05) is 40.0 Å². The van der Waals surface area contributed by atoms with E-state index in [-0.39, 0.29) is 12.0 Å². The molecule has 1 unspecified atom stereocenters. The minimum Gasteiger partial charge on any atom is -0.396 e. The molecule has 2 N–H and O–H groups in total. The van der Waals surface area contributed by atoms with Gasteiger partial charge in [-0.25, -0.2) is 0 Å². The number of hydrogen-bond donors (Lipinski definition) is 2. The summed E-state index contributed by atoms with van der Waals surface area (Å²) in [5, 5.41) is 12.9. The zero-order chi connectivity index (χ0) is 12.1. The van der Waals surface area contributed by atoms with Crippen LogP contribution in [-0.2, 0) is 0 Å². The molecule has 0 amide bonds. The van der Waals surface area contributed by atoms with Crippen molar-refractivity contribution in [1.82, 2.24) is 5.32 Å². The van der Waals surface area contributed by atoms with Gasteiger partial charge in [-0.05, 0) is 24.7 Å². The largest absolute Gasteiger partial charge is 0.396 e. The van der Waals surface area contributed by atoms with Crippen LogP contribution in [0.4, 0.5) is 0 Å². The maximum Gasteiger partial charge on any atom is 0.0496 e. The summed E-state index contributed by atoms with van der Waals surface area (Å²) in [5.41, 5.74) is 0.563. The summed E-state index contributed by atoms with van der Waals surface area (Å²) >= 11 is 0. The lowest BCUT2D eigenvalue weighted by atomic mass is 9.75. The van der Waals surface area contributed by atoms with Crippen molar-refractivity contribution in [2.75, 3.05) is 19.7 Å². The molecule has 16 heavy (non-hydrogen) atoms. The van der Waals surface area contributed by atoms with Crippen molar-refractivity contribution < 1.29 is 5.11 Å². The summed E-state index contributed by atoms with van der Waals surface area (Å²) in [5.74, 6) is 0. The normalized spacial score (nSPS) is 24.0. The molecule has 1 atom stereocenters. The van der Waals surface area contributed by atoms with E-state index < -0.39 is 0 Å². The van der Waals surface area contributed by atoms with Gasteiger partial charge in [0.25, 0.3) is 0 Å². The van der Waals surface area contributed by atoms with Gasteiger partial charge >= 0.3 is 0 Å². The zero-order valence-electron chi connectivity index (χ0n) is 11.3. The van der Waals surface area contributed by atoms with Gasteiger partial charge in [0, 0.05) is 25.1 Å². The number of hydrogen-bond acceptors (Lipinski definition) is 2. The van der Waals surface area contributed by atoms with Gasteiger partial charge in [-0.15, -0.1) is 0 Å². The quantitative estimate of drug-likeness (QED) is 0.731. The second-order valence-electron chi connectivity index (χ2n) is 6.30. The van der Waals surface area contributed by atoms with E-state index in [1.807, 2.05) is 0 Å². The first-order valence-corrected chi connectivity index (χ1v) is 6.85. The Labute approximate surface area is 101 Å². The second-order valence-corrected chi connectivity index (χ2v) is 6.30. The van der Waals surface area contributed by atoms with E-state index in [2.05, 4.69) is 26.1 Å². The number of aliphatic hydroxyl groups excluding tert-OH is 1. The molecule has 1 rings (SSSR count). The Morgan fingerprint density at radius 2 is 1.88 bits per heavy atom. The molecule has 0 saturated heterocycles. The lowest BCUT2D eigenvalue weighted by Crippen LogP contribution is -2.40. The van der Waals surface area contributed by atoms with Crippen molar-refractivity contribution in [2.45, 2.75) is 59.3 Å². The lowest BCUT2D eigenvalue weighted by molar-refractivity contribution is 0.125. The van der Waals surface area contributed by atoms with Crippen LogP contribution in [0.2, 0.25) is 0 Å². The molecule has 0 spiro atoms. The molecule has 2 heteroatoms. The highest BCUT2D eigenvalue weighted by molar-refractivity contribution is 4.82. The average Bonchev–Trinajstić information content (AvgIpc) is 2.29. The first kappa shape index (κ1) is 14.0. The summed E-state index contributed by atoms with van der Waals surface area (Å²) in [6.07, 6.45) is 7.96. The Hall–Kier alpha value is -0.0800. The zero-order valence-corrected chi connectivity index (χ0v) is 11.3. The fraction of sp³-hybridized carbons (Fsp3) is 1.00. The lowest BCUT2D eigenvalue weighted by Gasteiger charge is -2.35. The molecule has 2 nitrogen and oxygen atoms in total. The Kier molecular flexibility index (Phi) is 5.26. The minimum absolute atomic E-state index is 0.0605.